The number of pyridine rings is 1. The Balaban J connectivity index is 1.20. The summed E-state index contributed by atoms with van der Waals surface area (Å²) in [7, 11) is 3.84. The number of ether oxygens (including phenoxy) is 2. The molecule has 1 amide bonds. The summed E-state index contributed by atoms with van der Waals surface area (Å²) in [4.78, 5) is 18.5. The van der Waals surface area contributed by atoms with Gasteiger partial charge >= 0.3 is 0 Å². The molecule has 1 saturated carbocycles. The van der Waals surface area contributed by atoms with E-state index >= 15 is 0 Å². The first-order chi connectivity index (χ1) is 18.0. The minimum atomic E-state index is -0.114. The zero-order valence-corrected chi connectivity index (χ0v) is 21.4. The van der Waals surface area contributed by atoms with Crippen LogP contribution in [0.25, 0.3) is 10.9 Å². The maximum Gasteiger partial charge on any atom is 0.262 e. The Hall–Kier alpha value is -3.67. The minimum absolute atomic E-state index is 0.0744. The van der Waals surface area contributed by atoms with Crippen molar-refractivity contribution in [3.8, 4) is 17.6 Å². The van der Waals surface area contributed by atoms with Gasteiger partial charge in [-0.2, -0.15) is 5.26 Å². The molecule has 2 unspecified atom stereocenters. The summed E-state index contributed by atoms with van der Waals surface area (Å²) in [5, 5.41) is 17.3. The van der Waals surface area contributed by atoms with Crippen LogP contribution in [0, 0.1) is 11.3 Å². The van der Waals surface area contributed by atoms with Crippen LogP contribution in [0.2, 0.25) is 0 Å². The number of anilines is 1. The van der Waals surface area contributed by atoms with E-state index in [9.17, 15) is 10.1 Å². The second kappa shape index (κ2) is 11.2. The lowest BCUT2D eigenvalue weighted by atomic mass is 9.89. The van der Waals surface area contributed by atoms with E-state index in [2.05, 4.69) is 39.7 Å². The molecule has 3 aromatic rings. The number of methoxy groups -OCH3 is 1. The molecular weight excluding hydrogens is 466 g/mol. The summed E-state index contributed by atoms with van der Waals surface area (Å²) in [6, 6.07) is 15.0. The fourth-order valence-corrected chi connectivity index (χ4v) is 5.44. The van der Waals surface area contributed by atoms with Crippen molar-refractivity contribution in [1.82, 2.24) is 15.2 Å². The summed E-state index contributed by atoms with van der Waals surface area (Å²) >= 11 is 0. The lowest BCUT2D eigenvalue weighted by molar-refractivity contribution is -0.118. The van der Waals surface area contributed by atoms with E-state index in [1.165, 1.54) is 12.8 Å². The first-order valence-electron chi connectivity index (χ1n) is 12.9. The molecule has 1 aromatic heterocycles. The van der Waals surface area contributed by atoms with E-state index in [4.69, 9.17) is 9.47 Å². The molecule has 8 nitrogen and oxygen atoms in total. The number of nitrogens with one attached hydrogen (secondary N) is 2. The predicted octanol–water partition coefficient (Wildman–Crippen LogP) is 4.02. The van der Waals surface area contributed by atoms with Crippen LogP contribution >= 0.6 is 0 Å². The van der Waals surface area contributed by atoms with Crippen molar-refractivity contribution >= 4 is 22.5 Å². The number of aromatic nitrogens is 1. The summed E-state index contributed by atoms with van der Waals surface area (Å²) in [6.45, 7) is 1.69. The molecule has 5 rings (SSSR count). The fourth-order valence-electron chi connectivity index (χ4n) is 5.44. The van der Waals surface area contributed by atoms with E-state index in [1.807, 2.05) is 30.3 Å². The van der Waals surface area contributed by atoms with Crippen LogP contribution in [0.3, 0.4) is 0 Å². The molecule has 1 fully saturated rings. The topological polar surface area (TPSA) is 99.5 Å². The molecule has 2 heterocycles. The molecule has 0 bridgehead atoms. The van der Waals surface area contributed by atoms with Gasteiger partial charge in [0.2, 0.25) is 0 Å². The molecule has 192 valence electrons. The molecule has 2 atom stereocenters. The molecule has 1 aliphatic carbocycles. The quantitative estimate of drug-likeness (QED) is 0.483. The van der Waals surface area contributed by atoms with E-state index in [-0.39, 0.29) is 12.5 Å². The molecule has 37 heavy (non-hydrogen) atoms. The molecule has 2 aliphatic rings. The Bertz CT molecular complexity index is 1340. The molecule has 1 aliphatic heterocycles. The Kier molecular flexibility index (Phi) is 7.54. The Morgan fingerprint density at radius 3 is 3.00 bits per heavy atom. The van der Waals surface area contributed by atoms with Gasteiger partial charge in [0.15, 0.2) is 6.61 Å². The van der Waals surface area contributed by atoms with Crippen molar-refractivity contribution in [3.05, 3.63) is 59.3 Å². The Labute approximate surface area is 217 Å². The first-order valence-corrected chi connectivity index (χ1v) is 12.9. The van der Waals surface area contributed by atoms with Gasteiger partial charge in [0, 0.05) is 36.8 Å². The average Bonchev–Trinajstić information content (AvgIpc) is 2.94. The summed E-state index contributed by atoms with van der Waals surface area (Å²) in [6.07, 6.45) is 7.05. The van der Waals surface area contributed by atoms with Gasteiger partial charge in [-0.05, 0) is 74.2 Å². The SMILES string of the molecule is COc1ccc2ncc(C#N)c(CCN(C)C3CCCC(NCc4ccc5c(c4)NC(=O)CO5)C3)c2c1. The Morgan fingerprint density at radius 1 is 1.27 bits per heavy atom. The van der Waals surface area contributed by atoms with Crippen molar-refractivity contribution in [3.63, 3.8) is 0 Å². The van der Waals surface area contributed by atoms with Gasteiger partial charge in [-0.25, -0.2) is 0 Å². The highest BCUT2D eigenvalue weighted by atomic mass is 16.5. The zero-order chi connectivity index (χ0) is 25.8. The average molecular weight is 500 g/mol. The smallest absolute Gasteiger partial charge is 0.262 e. The summed E-state index contributed by atoms with van der Waals surface area (Å²) < 4.78 is 10.9. The van der Waals surface area contributed by atoms with Crippen molar-refractivity contribution in [2.45, 2.75) is 50.7 Å². The Morgan fingerprint density at radius 2 is 2.16 bits per heavy atom. The predicted molar refractivity (Wildman–Crippen MR) is 143 cm³/mol. The lowest BCUT2D eigenvalue weighted by Crippen LogP contribution is -2.43. The third-order valence-electron chi connectivity index (χ3n) is 7.56. The van der Waals surface area contributed by atoms with Crippen LogP contribution in [0.15, 0.2) is 42.6 Å². The van der Waals surface area contributed by atoms with Crippen LogP contribution in [0.1, 0.15) is 42.4 Å². The number of rotatable bonds is 8. The van der Waals surface area contributed by atoms with E-state index in [0.29, 0.717) is 17.6 Å². The summed E-state index contributed by atoms with van der Waals surface area (Å²) in [5.41, 5.74) is 4.42. The monoisotopic (exact) mass is 499 g/mol. The maximum absolute atomic E-state index is 11.6. The number of hydrogen-bond acceptors (Lipinski definition) is 7. The number of hydrogen-bond donors (Lipinski definition) is 2. The van der Waals surface area contributed by atoms with Crippen molar-refractivity contribution in [2.24, 2.45) is 0 Å². The van der Waals surface area contributed by atoms with Gasteiger partial charge in [-0.3, -0.25) is 9.78 Å². The molecular formula is C29H33N5O3. The minimum Gasteiger partial charge on any atom is -0.497 e. The zero-order valence-electron chi connectivity index (χ0n) is 21.4. The van der Waals surface area contributed by atoms with E-state index < -0.39 is 0 Å². The number of nitriles is 1. The number of benzene rings is 2. The van der Waals surface area contributed by atoms with Crippen LogP contribution in [0.5, 0.6) is 11.5 Å². The standard InChI is InChI=1S/C29H33N5O3/c1-34(11-10-24-20(15-30)17-32-26-8-7-23(36-2)14-25(24)26)22-5-3-4-21(13-22)31-16-19-6-9-28-27(12-19)33-29(35)18-37-28/h6-9,12,14,17,21-22,31H,3-5,10-11,13,16,18H2,1-2H3,(H,33,35). The third-order valence-corrected chi connectivity index (χ3v) is 7.56. The number of amides is 1. The molecule has 2 aromatic carbocycles. The van der Waals surface area contributed by atoms with Crippen molar-refractivity contribution < 1.29 is 14.3 Å². The number of nitrogens with zero attached hydrogens (tertiary/aromatic N) is 3. The van der Waals surface area contributed by atoms with E-state index in [0.717, 1.165) is 71.6 Å². The maximum atomic E-state index is 11.6. The van der Waals surface area contributed by atoms with Crippen LogP contribution in [-0.4, -0.2) is 55.2 Å². The van der Waals surface area contributed by atoms with Gasteiger partial charge in [-0.15, -0.1) is 0 Å². The molecule has 0 saturated heterocycles. The molecule has 8 heteroatoms. The lowest BCUT2D eigenvalue weighted by Gasteiger charge is -2.36. The van der Waals surface area contributed by atoms with Gasteiger partial charge in [0.1, 0.15) is 17.6 Å². The molecule has 0 spiro atoms. The van der Waals surface area contributed by atoms with Crippen molar-refractivity contribution in [2.75, 3.05) is 32.6 Å². The third kappa shape index (κ3) is 5.68. The van der Waals surface area contributed by atoms with Crippen LogP contribution in [-0.2, 0) is 17.8 Å². The van der Waals surface area contributed by atoms with Crippen LogP contribution in [0.4, 0.5) is 5.69 Å². The normalized spacial score (nSPS) is 19.1. The second-order valence-electron chi connectivity index (χ2n) is 9.94. The highest BCUT2D eigenvalue weighted by molar-refractivity contribution is 5.95. The largest absolute Gasteiger partial charge is 0.497 e. The first kappa shape index (κ1) is 25.0. The number of likely N-dealkylation sites (N-methyl/N-ethyl adjacent to an activating group) is 1. The fraction of sp³-hybridized carbons (Fsp3) is 0.414. The molecule has 0 radical (unpaired) electrons. The molecule has 2 N–H and O–H groups in total. The van der Waals surface area contributed by atoms with Gasteiger partial charge in [-0.1, -0.05) is 12.5 Å². The highest BCUT2D eigenvalue weighted by Crippen LogP contribution is 2.30. The van der Waals surface area contributed by atoms with E-state index in [1.54, 1.807) is 13.3 Å². The number of carbonyl (C=O) groups excluding carboxylic acids is 1. The van der Waals surface area contributed by atoms with Gasteiger partial charge in [0.05, 0.1) is 23.9 Å². The van der Waals surface area contributed by atoms with Crippen molar-refractivity contribution in [1.29, 1.82) is 5.26 Å². The summed E-state index contributed by atoms with van der Waals surface area (Å²) in [5.74, 6) is 1.38. The highest BCUT2D eigenvalue weighted by Gasteiger charge is 2.25. The number of carbonyl (C=O) groups is 1. The second-order valence-corrected chi connectivity index (χ2v) is 9.94. The van der Waals surface area contributed by atoms with Crippen LogP contribution < -0.4 is 20.1 Å². The van der Waals surface area contributed by atoms with Gasteiger partial charge < -0.3 is 25.0 Å². The number of fused-ring (bicyclic) bond motifs is 2. The van der Waals surface area contributed by atoms with Gasteiger partial charge in [0.25, 0.3) is 5.91 Å².